The van der Waals surface area contributed by atoms with Gasteiger partial charge >= 0.3 is 0 Å². The summed E-state index contributed by atoms with van der Waals surface area (Å²) in [5.41, 5.74) is 2.25. The zero-order chi connectivity index (χ0) is 13.9. The number of benzene rings is 1. The lowest BCUT2D eigenvalue weighted by Crippen LogP contribution is -2.37. The van der Waals surface area contributed by atoms with E-state index in [2.05, 4.69) is 53.8 Å². The van der Waals surface area contributed by atoms with E-state index in [9.17, 15) is 0 Å². The number of nitrogens with zero attached hydrogens (tertiary/aromatic N) is 3. The van der Waals surface area contributed by atoms with Crippen molar-refractivity contribution in [1.29, 1.82) is 0 Å². The molecule has 0 N–H and O–H groups in total. The van der Waals surface area contributed by atoms with Crippen LogP contribution in [0, 0.1) is 0 Å². The molecule has 0 unspecified atom stereocenters. The third-order valence-electron chi connectivity index (χ3n) is 3.64. The maximum absolute atomic E-state index is 5.45. The minimum atomic E-state index is 0.430. The summed E-state index contributed by atoms with van der Waals surface area (Å²) in [6.07, 6.45) is 0. The summed E-state index contributed by atoms with van der Waals surface area (Å²) >= 11 is 0. The van der Waals surface area contributed by atoms with Crippen LogP contribution in [0.3, 0.4) is 0 Å². The van der Waals surface area contributed by atoms with Gasteiger partial charge in [-0.25, -0.2) is 4.68 Å². The van der Waals surface area contributed by atoms with Gasteiger partial charge in [-0.2, -0.15) is 5.10 Å². The molecule has 106 valence electrons. The van der Waals surface area contributed by atoms with E-state index in [1.54, 1.807) is 0 Å². The molecule has 20 heavy (non-hydrogen) atoms. The van der Waals surface area contributed by atoms with Crippen molar-refractivity contribution < 1.29 is 4.74 Å². The van der Waals surface area contributed by atoms with Crippen LogP contribution >= 0.6 is 0 Å². The first-order valence-electron chi connectivity index (χ1n) is 7.24. The third-order valence-corrected chi connectivity index (χ3v) is 3.64. The lowest BCUT2D eigenvalue weighted by Gasteiger charge is -2.28. The van der Waals surface area contributed by atoms with Crippen molar-refractivity contribution in [3.05, 3.63) is 42.1 Å². The average molecular weight is 271 g/mol. The zero-order valence-corrected chi connectivity index (χ0v) is 12.1. The van der Waals surface area contributed by atoms with Gasteiger partial charge in [0.2, 0.25) is 0 Å². The number of para-hydroxylation sites is 1. The number of hydrogen-bond acceptors (Lipinski definition) is 3. The predicted octanol–water partition coefficient (Wildman–Crippen LogP) is 2.83. The van der Waals surface area contributed by atoms with Crippen LogP contribution in [0.15, 0.2) is 36.4 Å². The minimum Gasteiger partial charge on any atom is -0.378 e. The highest BCUT2D eigenvalue weighted by atomic mass is 16.5. The first-order valence-corrected chi connectivity index (χ1v) is 7.24. The number of anilines is 1. The molecule has 0 bridgehead atoms. The average Bonchev–Trinajstić information content (AvgIpc) is 2.94. The quantitative estimate of drug-likeness (QED) is 0.860. The van der Waals surface area contributed by atoms with Gasteiger partial charge in [0.25, 0.3) is 0 Å². The molecule has 0 spiro atoms. The molecule has 1 aliphatic rings. The second-order valence-electron chi connectivity index (χ2n) is 5.43. The molecule has 1 aromatic heterocycles. The van der Waals surface area contributed by atoms with Crippen molar-refractivity contribution in [3.63, 3.8) is 0 Å². The monoisotopic (exact) mass is 271 g/mol. The van der Waals surface area contributed by atoms with Gasteiger partial charge in [-0.1, -0.05) is 32.0 Å². The molecule has 1 saturated heterocycles. The summed E-state index contributed by atoms with van der Waals surface area (Å²) in [6.45, 7) is 7.79. The van der Waals surface area contributed by atoms with E-state index >= 15 is 0 Å². The lowest BCUT2D eigenvalue weighted by molar-refractivity contribution is 0.122. The van der Waals surface area contributed by atoms with Crippen molar-refractivity contribution >= 4 is 5.82 Å². The largest absolute Gasteiger partial charge is 0.378 e. The van der Waals surface area contributed by atoms with Crippen molar-refractivity contribution in [2.45, 2.75) is 19.8 Å². The van der Waals surface area contributed by atoms with Crippen LogP contribution in [-0.2, 0) is 4.74 Å². The summed E-state index contributed by atoms with van der Waals surface area (Å²) in [7, 11) is 0. The number of rotatable bonds is 3. The Balaban J connectivity index is 2.02. The van der Waals surface area contributed by atoms with Crippen molar-refractivity contribution in [1.82, 2.24) is 9.78 Å². The Morgan fingerprint density at radius 2 is 1.80 bits per heavy atom. The molecule has 0 amide bonds. The van der Waals surface area contributed by atoms with Gasteiger partial charge in [0.15, 0.2) is 0 Å². The topological polar surface area (TPSA) is 30.3 Å². The molecule has 3 rings (SSSR count). The fourth-order valence-electron chi connectivity index (χ4n) is 2.45. The van der Waals surface area contributed by atoms with E-state index in [1.165, 1.54) is 5.82 Å². The van der Waals surface area contributed by atoms with Crippen LogP contribution in [-0.4, -0.2) is 36.1 Å². The van der Waals surface area contributed by atoms with Crippen LogP contribution in [0.2, 0.25) is 0 Å². The van der Waals surface area contributed by atoms with E-state index in [0.29, 0.717) is 5.92 Å². The Hall–Kier alpha value is -1.81. The Labute approximate surface area is 120 Å². The van der Waals surface area contributed by atoms with Crippen LogP contribution < -0.4 is 4.90 Å². The molecule has 0 radical (unpaired) electrons. The molecule has 1 aromatic carbocycles. The number of morpholine rings is 1. The molecule has 0 atom stereocenters. The summed E-state index contributed by atoms with van der Waals surface area (Å²) in [5.74, 6) is 1.60. The van der Waals surface area contributed by atoms with E-state index in [1.807, 2.05) is 6.07 Å². The molecule has 2 heterocycles. The molecule has 4 heteroatoms. The van der Waals surface area contributed by atoms with Gasteiger partial charge in [0.05, 0.1) is 24.6 Å². The van der Waals surface area contributed by atoms with Crippen LogP contribution in [0.4, 0.5) is 5.82 Å². The van der Waals surface area contributed by atoms with Gasteiger partial charge in [-0.3, -0.25) is 0 Å². The maximum atomic E-state index is 5.45. The minimum absolute atomic E-state index is 0.430. The molecule has 2 aromatic rings. The summed E-state index contributed by atoms with van der Waals surface area (Å²) < 4.78 is 7.51. The zero-order valence-electron chi connectivity index (χ0n) is 12.1. The van der Waals surface area contributed by atoms with Gasteiger partial charge in [0.1, 0.15) is 5.82 Å². The highest BCUT2D eigenvalue weighted by Gasteiger charge is 2.19. The Kier molecular flexibility index (Phi) is 3.74. The van der Waals surface area contributed by atoms with Gasteiger partial charge in [-0.15, -0.1) is 0 Å². The first kappa shape index (κ1) is 13.2. The number of aromatic nitrogens is 2. The highest BCUT2D eigenvalue weighted by Crippen LogP contribution is 2.25. The smallest absolute Gasteiger partial charge is 0.132 e. The van der Waals surface area contributed by atoms with E-state index in [0.717, 1.165) is 37.7 Å². The molecule has 1 fully saturated rings. The van der Waals surface area contributed by atoms with E-state index in [-0.39, 0.29) is 0 Å². The summed E-state index contributed by atoms with van der Waals surface area (Å²) in [6, 6.07) is 12.5. The third kappa shape index (κ3) is 2.56. The SMILES string of the molecule is CC(C)c1cc(N2CCOCC2)n(-c2ccccc2)n1. The second kappa shape index (κ2) is 5.67. The highest BCUT2D eigenvalue weighted by molar-refractivity contribution is 5.49. The van der Waals surface area contributed by atoms with Gasteiger partial charge in [-0.05, 0) is 18.1 Å². The number of hydrogen-bond donors (Lipinski definition) is 0. The lowest BCUT2D eigenvalue weighted by atomic mass is 10.1. The van der Waals surface area contributed by atoms with Gasteiger partial charge < -0.3 is 9.64 Å². The van der Waals surface area contributed by atoms with Crippen LogP contribution in [0.25, 0.3) is 5.69 Å². The van der Waals surface area contributed by atoms with Gasteiger partial charge in [0, 0.05) is 19.2 Å². The fourth-order valence-corrected chi connectivity index (χ4v) is 2.45. The Morgan fingerprint density at radius 3 is 2.45 bits per heavy atom. The Morgan fingerprint density at radius 1 is 1.10 bits per heavy atom. The summed E-state index contributed by atoms with van der Waals surface area (Å²) in [5, 5.41) is 4.79. The van der Waals surface area contributed by atoms with E-state index in [4.69, 9.17) is 9.84 Å². The van der Waals surface area contributed by atoms with Crippen molar-refractivity contribution in [2.75, 3.05) is 31.2 Å². The maximum Gasteiger partial charge on any atom is 0.132 e. The second-order valence-corrected chi connectivity index (χ2v) is 5.43. The molecular formula is C16H21N3O. The van der Waals surface area contributed by atoms with Crippen molar-refractivity contribution in [2.24, 2.45) is 0 Å². The summed E-state index contributed by atoms with van der Waals surface area (Å²) in [4.78, 5) is 2.36. The fraction of sp³-hybridized carbons (Fsp3) is 0.438. The molecule has 0 saturated carbocycles. The normalized spacial score (nSPS) is 15.8. The first-order chi connectivity index (χ1) is 9.75. The van der Waals surface area contributed by atoms with Crippen LogP contribution in [0.5, 0.6) is 0 Å². The molecule has 4 nitrogen and oxygen atoms in total. The number of ether oxygens (including phenoxy) is 1. The Bertz CT molecular complexity index is 556. The molecular weight excluding hydrogens is 250 g/mol. The standard InChI is InChI=1S/C16H21N3O/c1-13(2)15-12-16(18-8-10-20-11-9-18)19(17-15)14-6-4-3-5-7-14/h3-7,12-13H,8-11H2,1-2H3. The predicted molar refractivity (Wildman–Crippen MR) is 80.7 cm³/mol. The van der Waals surface area contributed by atoms with E-state index < -0.39 is 0 Å². The van der Waals surface area contributed by atoms with Crippen LogP contribution in [0.1, 0.15) is 25.5 Å². The molecule has 0 aliphatic carbocycles. The van der Waals surface area contributed by atoms with Crippen molar-refractivity contribution in [3.8, 4) is 5.69 Å². The molecule has 1 aliphatic heterocycles.